The van der Waals surface area contributed by atoms with E-state index in [1.54, 1.807) is 0 Å². The lowest BCUT2D eigenvalue weighted by molar-refractivity contribution is -0.201. The number of aliphatic hydroxyl groups is 1. The Morgan fingerprint density at radius 2 is 1.82 bits per heavy atom. The Balaban J connectivity index is 2.07. The molecule has 0 unspecified atom stereocenters. The third kappa shape index (κ3) is 1.40. The molecule has 2 aliphatic carbocycles. The molecule has 0 aromatic rings. The summed E-state index contributed by atoms with van der Waals surface area (Å²) in [5.41, 5.74) is -0.925. The minimum absolute atomic E-state index is 0.0489. The summed E-state index contributed by atoms with van der Waals surface area (Å²) in [5.74, 6) is 1.88. The van der Waals surface area contributed by atoms with E-state index in [0.717, 1.165) is 19.3 Å². The molecule has 3 fully saturated rings. The van der Waals surface area contributed by atoms with Crippen molar-refractivity contribution in [2.45, 2.75) is 76.6 Å². The van der Waals surface area contributed by atoms with Crippen LogP contribution in [0.1, 0.15) is 59.8 Å². The molecule has 0 amide bonds. The van der Waals surface area contributed by atoms with Gasteiger partial charge < -0.3 is 9.84 Å². The van der Waals surface area contributed by atoms with Crippen LogP contribution in [0.15, 0.2) is 0 Å². The van der Waals surface area contributed by atoms with E-state index in [9.17, 15) is 5.11 Å². The lowest BCUT2D eigenvalue weighted by atomic mass is 9.75. The van der Waals surface area contributed by atoms with Gasteiger partial charge in [0.2, 0.25) is 0 Å². The molecule has 2 saturated carbocycles. The number of rotatable bonds is 0. The molecule has 3 aliphatic rings. The fraction of sp³-hybridized carbons (Fsp3) is 1.00. The van der Waals surface area contributed by atoms with Crippen molar-refractivity contribution in [2.24, 2.45) is 17.8 Å². The predicted octanol–water partition coefficient (Wildman–Crippen LogP) is 3.13. The zero-order valence-corrected chi connectivity index (χ0v) is 11.6. The van der Waals surface area contributed by atoms with Crippen molar-refractivity contribution in [3.05, 3.63) is 0 Å². The first kappa shape index (κ1) is 12.0. The summed E-state index contributed by atoms with van der Waals surface area (Å²) in [4.78, 5) is 0. The summed E-state index contributed by atoms with van der Waals surface area (Å²) in [6.45, 7) is 8.79. The number of hydrogen-bond donors (Lipinski definition) is 1. The highest BCUT2D eigenvalue weighted by molar-refractivity contribution is 5.16. The molecule has 3 rings (SSSR count). The summed E-state index contributed by atoms with van der Waals surface area (Å²) in [5, 5.41) is 10.8. The van der Waals surface area contributed by atoms with Crippen molar-refractivity contribution >= 4 is 0 Å². The van der Waals surface area contributed by atoms with Crippen molar-refractivity contribution < 1.29 is 9.84 Å². The van der Waals surface area contributed by atoms with Crippen LogP contribution in [-0.4, -0.2) is 21.9 Å². The topological polar surface area (TPSA) is 29.5 Å². The molecule has 2 nitrogen and oxygen atoms in total. The lowest BCUT2D eigenvalue weighted by Gasteiger charge is -2.44. The second-order valence-corrected chi connectivity index (χ2v) is 7.47. The van der Waals surface area contributed by atoms with Crippen LogP contribution >= 0.6 is 0 Å². The molecule has 1 saturated heterocycles. The molecule has 2 heteroatoms. The fourth-order valence-corrected chi connectivity index (χ4v) is 4.90. The van der Waals surface area contributed by atoms with Gasteiger partial charge >= 0.3 is 0 Å². The molecular weight excluding hydrogens is 212 g/mol. The highest BCUT2D eigenvalue weighted by Gasteiger charge is 2.67. The third-order valence-corrected chi connectivity index (χ3v) is 6.09. The SMILES string of the molecule is C[C@H]1CC[C@@H]2C[C@@]3(OC2(C)C)[C@H]1CC[C@@]3(C)O. The highest BCUT2D eigenvalue weighted by atomic mass is 16.5. The average Bonchev–Trinajstić information content (AvgIpc) is 2.53. The zero-order chi connectivity index (χ0) is 12.5. The number of hydrogen-bond acceptors (Lipinski definition) is 2. The summed E-state index contributed by atoms with van der Waals surface area (Å²) in [7, 11) is 0. The largest absolute Gasteiger partial charge is 0.387 e. The van der Waals surface area contributed by atoms with E-state index in [2.05, 4.69) is 20.8 Å². The van der Waals surface area contributed by atoms with Gasteiger partial charge in [0, 0.05) is 0 Å². The molecule has 1 N–H and O–H groups in total. The smallest absolute Gasteiger partial charge is 0.101 e. The van der Waals surface area contributed by atoms with Crippen LogP contribution in [0.25, 0.3) is 0 Å². The average molecular weight is 238 g/mol. The van der Waals surface area contributed by atoms with Crippen LogP contribution in [0, 0.1) is 17.8 Å². The van der Waals surface area contributed by atoms with Gasteiger partial charge in [0.1, 0.15) is 5.60 Å². The van der Waals surface area contributed by atoms with Crippen LogP contribution in [0.4, 0.5) is 0 Å². The van der Waals surface area contributed by atoms with E-state index in [0.29, 0.717) is 17.8 Å². The van der Waals surface area contributed by atoms with E-state index in [1.807, 2.05) is 6.92 Å². The van der Waals surface area contributed by atoms with E-state index >= 15 is 0 Å². The zero-order valence-electron chi connectivity index (χ0n) is 11.6. The van der Waals surface area contributed by atoms with Crippen LogP contribution in [0.2, 0.25) is 0 Å². The second-order valence-electron chi connectivity index (χ2n) is 7.47. The van der Waals surface area contributed by atoms with E-state index in [1.165, 1.54) is 12.8 Å². The van der Waals surface area contributed by atoms with Gasteiger partial charge in [-0.2, -0.15) is 0 Å². The monoisotopic (exact) mass is 238 g/mol. The molecule has 1 aliphatic heterocycles. The Morgan fingerprint density at radius 1 is 1.12 bits per heavy atom. The Kier molecular flexibility index (Phi) is 2.30. The summed E-state index contributed by atoms with van der Waals surface area (Å²) < 4.78 is 6.50. The molecule has 0 radical (unpaired) electrons. The van der Waals surface area contributed by atoms with Crippen molar-refractivity contribution in [1.82, 2.24) is 0 Å². The second kappa shape index (κ2) is 3.27. The van der Waals surface area contributed by atoms with E-state index < -0.39 is 5.60 Å². The molecule has 0 aromatic carbocycles. The van der Waals surface area contributed by atoms with E-state index in [4.69, 9.17) is 4.74 Å². The first-order valence-electron chi connectivity index (χ1n) is 7.21. The van der Waals surface area contributed by atoms with Crippen LogP contribution in [0.3, 0.4) is 0 Å². The maximum Gasteiger partial charge on any atom is 0.101 e. The van der Waals surface area contributed by atoms with Crippen molar-refractivity contribution in [3.8, 4) is 0 Å². The van der Waals surface area contributed by atoms with E-state index in [-0.39, 0.29) is 11.2 Å². The van der Waals surface area contributed by atoms with Crippen molar-refractivity contribution in [3.63, 3.8) is 0 Å². The van der Waals surface area contributed by atoms with Gasteiger partial charge in [-0.1, -0.05) is 6.92 Å². The fourth-order valence-electron chi connectivity index (χ4n) is 4.90. The van der Waals surface area contributed by atoms with Gasteiger partial charge in [-0.15, -0.1) is 0 Å². The highest BCUT2D eigenvalue weighted by Crippen LogP contribution is 2.62. The summed E-state index contributed by atoms with van der Waals surface area (Å²) in [6, 6.07) is 0. The molecule has 1 heterocycles. The number of fused-ring (bicyclic) bond motifs is 1. The minimum Gasteiger partial charge on any atom is -0.387 e. The predicted molar refractivity (Wildman–Crippen MR) is 67.7 cm³/mol. The van der Waals surface area contributed by atoms with Gasteiger partial charge in [-0.05, 0) is 70.6 Å². The van der Waals surface area contributed by atoms with Crippen LogP contribution in [-0.2, 0) is 4.74 Å². The summed E-state index contributed by atoms with van der Waals surface area (Å²) >= 11 is 0. The third-order valence-electron chi connectivity index (χ3n) is 6.09. The Labute approximate surface area is 105 Å². The molecule has 98 valence electrons. The molecule has 0 aromatic heterocycles. The normalized spacial score (nSPS) is 56.6. The standard InChI is InChI=1S/C15H26O2/c1-10-5-6-11-9-15(17-13(11,2)3)12(10)7-8-14(15,4)16/h10-12,16H,5-9H2,1-4H3/t10-,11+,12-,14+,15+/m0/s1. The Bertz CT molecular complexity index is 334. The van der Waals surface area contributed by atoms with Gasteiger partial charge in [0.25, 0.3) is 0 Å². The molecular formula is C15H26O2. The van der Waals surface area contributed by atoms with Gasteiger partial charge in [-0.3, -0.25) is 0 Å². The van der Waals surface area contributed by atoms with Crippen molar-refractivity contribution in [1.29, 1.82) is 0 Å². The first-order chi connectivity index (χ1) is 7.79. The molecule has 17 heavy (non-hydrogen) atoms. The maximum absolute atomic E-state index is 10.8. The van der Waals surface area contributed by atoms with Gasteiger partial charge in [-0.25, -0.2) is 0 Å². The lowest BCUT2D eigenvalue weighted by Crippen LogP contribution is -2.53. The van der Waals surface area contributed by atoms with Crippen molar-refractivity contribution in [2.75, 3.05) is 0 Å². The molecule has 1 spiro atoms. The first-order valence-corrected chi connectivity index (χ1v) is 7.21. The summed E-state index contributed by atoms with van der Waals surface area (Å²) in [6.07, 6.45) is 5.69. The quantitative estimate of drug-likeness (QED) is 0.702. The Hall–Kier alpha value is -0.0800. The maximum atomic E-state index is 10.8. The number of ether oxygens (including phenoxy) is 1. The molecule has 2 bridgehead atoms. The minimum atomic E-state index is -0.623. The van der Waals surface area contributed by atoms with Gasteiger partial charge in [0.05, 0.1) is 11.2 Å². The Morgan fingerprint density at radius 3 is 2.53 bits per heavy atom. The van der Waals surface area contributed by atoms with Crippen LogP contribution in [0.5, 0.6) is 0 Å². The van der Waals surface area contributed by atoms with Crippen LogP contribution < -0.4 is 0 Å². The molecule has 5 atom stereocenters. The van der Waals surface area contributed by atoms with Gasteiger partial charge in [0.15, 0.2) is 0 Å².